The second-order valence-electron chi connectivity index (χ2n) is 7.14. The number of hydrogen-bond acceptors (Lipinski definition) is 5. The molecule has 0 fully saturated rings. The minimum atomic E-state index is -0.309. The maximum absolute atomic E-state index is 12.4. The molecule has 2 rings (SSSR count). The molecule has 134 valence electrons. The number of nitrogens with zero attached hydrogens (tertiary/aromatic N) is 3. The first-order valence-corrected chi connectivity index (χ1v) is 8.96. The Labute approximate surface area is 155 Å². The highest BCUT2D eigenvalue weighted by atomic mass is 79.9. The summed E-state index contributed by atoms with van der Waals surface area (Å²) in [5.74, 6) is -0.0336. The van der Waals surface area contributed by atoms with Gasteiger partial charge in [0, 0.05) is 25.4 Å². The van der Waals surface area contributed by atoms with Crippen LogP contribution in [0.3, 0.4) is 0 Å². The topological polar surface area (TPSA) is 76.9 Å². The quantitative estimate of drug-likeness (QED) is 0.764. The molecular weight excluding hydrogens is 384 g/mol. The average molecular weight is 407 g/mol. The minimum absolute atomic E-state index is 0.0257. The Morgan fingerprint density at radius 3 is 2.60 bits per heavy atom. The first-order chi connectivity index (χ1) is 11.8. The lowest BCUT2D eigenvalue weighted by Gasteiger charge is -2.20. The van der Waals surface area contributed by atoms with Crippen LogP contribution in [0.25, 0.3) is 0 Å². The fraction of sp³-hybridized carbons (Fsp3) is 0.444. The third-order valence-corrected chi connectivity index (χ3v) is 4.33. The molecule has 0 aromatic carbocycles. The van der Waals surface area contributed by atoms with Crippen LogP contribution in [0.15, 0.2) is 40.0 Å². The van der Waals surface area contributed by atoms with E-state index < -0.39 is 0 Å². The number of rotatable bonds is 7. The van der Waals surface area contributed by atoms with Crippen LogP contribution in [0.1, 0.15) is 32.8 Å². The molecule has 0 amide bonds. The second-order valence-corrected chi connectivity index (χ2v) is 7.94. The summed E-state index contributed by atoms with van der Waals surface area (Å²) in [7, 11) is 0. The van der Waals surface area contributed by atoms with E-state index in [2.05, 4.69) is 52.1 Å². The molecule has 0 bridgehead atoms. The zero-order chi connectivity index (χ0) is 18.4. The number of carbonyl (C=O) groups is 1. The number of Topliss-reactive ketones (excluding diaryl/α,β-unsaturated/α-hetero) is 1. The number of ketones is 1. The number of carbonyl (C=O) groups excluding carboxylic acids is 1. The first-order valence-electron chi connectivity index (χ1n) is 8.16. The van der Waals surface area contributed by atoms with E-state index in [1.807, 2.05) is 12.1 Å². The number of pyridine rings is 1. The lowest BCUT2D eigenvalue weighted by atomic mass is 9.97. The number of hydrogen-bond donors (Lipinski definition) is 1. The van der Waals surface area contributed by atoms with Gasteiger partial charge in [0.2, 0.25) is 0 Å². The highest BCUT2D eigenvalue weighted by molar-refractivity contribution is 9.10. The normalized spacial score (nSPS) is 11.4. The first kappa shape index (κ1) is 19.3. The monoisotopic (exact) mass is 406 g/mol. The molecule has 2 heterocycles. The number of nitrogens with one attached hydrogen (secondary N) is 1. The average Bonchev–Trinajstić information content (AvgIpc) is 2.56. The Hall–Kier alpha value is -2.02. The maximum Gasteiger partial charge on any atom is 0.283 e. The van der Waals surface area contributed by atoms with Gasteiger partial charge in [-0.1, -0.05) is 20.8 Å². The van der Waals surface area contributed by atoms with Crippen LogP contribution in [0, 0.1) is 5.41 Å². The molecule has 7 heteroatoms. The summed E-state index contributed by atoms with van der Waals surface area (Å²) >= 11 is 3.31. The van der Waals surface area contributed by atoms with Crippen molar-refractivity contribution < 1.29 is 4.79 Å². The van der Waals surface area contributed by atoms with Gasteiger partial charge in [0.1, 0.15) is 11.0 Å². The minimum Gasteiger partial charge on any atom is -0.382 e. The standard InChI is InChI=1S/C18H23BrN4O2/c1-18(2,3)12-21-15-10-22-23(17(25)16(15)19)11-14(24)5-4-13-6-8-20-9-7-13/h6-10,21H,4-5,11-12H2,1-3H3. The van der Waals surface area contributed by atoms with Crippen LogP contribution in [-0.2, 0) is 17.8 Å². The summed E-state index contributed by atoms with van der Waals surface area (Å²) in [6.07, 6.45) is 5.97. The van der Waals surface area contributed by atoms with Gasteiger partial charge in [0.25, 0.3) is 5.56 Å². The molecule has 2 aromatic heterocycles. The van der Waals surface area contributed by atoms with Gasteiger partial charge in [0.15, 0.2) is 5.78 Å². The van der Waals surface area contributed by atoms with E-state index in [1.165, 1.54) is 4.68 Å². The van der Waals surface area contributed by atoms with E-state index in [9.17, 15) is 9.59 Å². The van der Waals surface area contributed by atoms with Crippen LogP contribution in [0.5, 0.6) is 0 Å². The van der Waals surface area contributed by atoms with Gasteiger partial charge in [-0.3, -0.25) is 14.6 Å². The zero-order valence-corrected chi connectivity index (χ0v) is 16.3. The summed E-state index contributed by atoms with van der Waals surface area (Å²) < 4.78 is 1.59. The van der Waals surface area contributed by atoms with Gasteiger partial charge in [-0.25, -0.2) is 4.68 Å². The molecular formula is C18H23BrN4O2. The number of halogens is 1. The Kier molecular flexibility index (Phi) is 6.47. The van der Waals surface area contributed by atoms with Crippen molar-refractivity contribution in [2.75, 3.05) is 11.9 Å². The third kappa shape index (κ3) is 6.08. The Bertz CT molecular complexity index is 782. The summed E-state index contributed by atoms with van der Waals surface area (Å²) in [5.41, 5.74) is 1.46. The molecule has 0 unspecified atom stereocenters. The summed E-state index contributed by atoms with van der Waals surface area (Å²) in [4.78, 5) is 28.5. The van der Waals surface area contributed by atoms with Crippen LogP contribution < -0.4 is 10.9 Å². The summed E-state index contributed by atoms with van der Waals surface area (Å²) in [6.45, 7) is 6.99. The fourth-order valence-corrected chi connectivity index (χ4v) is 2.59. The molecule has 0 aliphatic heterocycles. The smallest absolute Gasteiger partial charge is 0.283 e. The molecule has 0 saturated carbocycles. The van der Waals surface area contributed by atoms with Crippen molar-refractivity contribution >= 4 is 27.4 Å². The molecule has 0 saturated heterocycles. The number of anilines is 1. The van der Waals surface area contributed by atoms with E-state index >= 15 is 0 Å². The maximum atomic E-state index is 12.4. The predicted octanol–water partition coefficient (Wildman–Crippen LogP) is 3.06. The number of aromatic nitrogens is 3. The van der Waals surface area contributed by atoms with E-state index in [4.69, 9.17) is 0 Å². The molecule has 1 N–H and O–H groups in total. The van der Waals surface area contributed by atoms with E-state index in [-0.39, 0.29) is 23.3 Å². The predicted molar refractivity (Wildman–Crippen MR) is 102 cm³/mol. The van der Waals surface area contributed by atoms with Crippen LogP contribution >= 0.6 is 15.9 Å². The van der Waals surface area contributed by atoms with Crippen molar-refractivity contribution in [3.05, 3.63) is 51.1 Å². The summed E-state index contributed by atoms with van der Waals surface area (Å²) in [5, 5.41) is 7.32. The van der Waals surface area contributed by atoms with Gasteiger partial charge in [-0.05, 0) is 45.5 Å². The Balaban J connectivity index is 1.99. The van der Waals surface area contributed by atoms with Gasteiger partial charge >= 0.3 is 0 Å². The van der Waals surface area contributed by atoms with Gasteiger partial charge in [-0.2, -0.15) is 5.10 Å². The Morgan fingerprint density at radius 2 is 1.96 bits per heavy atom. The second kappa shape index (κ2) is 8.38. The van der Waals surface area contributed by atoms with Crippen molar-refractivity contribution in [1.29, 1.82) is 0 Å². The van der Waals surface area contributed by atoms with Crippen molar-refractivity contribution in [2.24, 2.45) is 5.41 Å². The van der Waals surface area contributed by atoms with E-state index in [0.29, 0.717) is 29.5 Å². The Morgan fingerprint density at radius 1 is 1.28 bits per heavy atom. The van der Waals surface area contributed by atoms with Crippen LogP contribution in [0.4, 0.5) is 5.69 Å². The molecule has 0 spiro atoms. The molecule has 2 aromatic rings. The lowest BCUT2D eigenvalue weighted by molar-refractivity contribution is -0.119. The lowest BCUT2D eigenvalue weighted by Crippen LogP contribution is -2.29. The molecule has 25 heavy (non-hydrogen) atoms. The third-order valence-electron chi connectivity index (χ3n) is 3.56. The molecule has 0 atom stereocenters. The highest BCUT2D eigenvalue weighted by Crippen LogP contribution is 2.19. The fourth-order valence-electron chi connectivity index (χ4n) is 2.14. The molecule has 0 aliphatic carbocycles. The zero-order valence-electron chi connectivity index (χ0n) is 14.8. The molecule has 0 aliphatic rings. The van der Waals surface area contributed by atoms with Gasteiger partial charge in [0.05, 0.1) is 11.9 Å². The molecule has 0 radical (unpaired) electrons. The summed E-state index contributed by atoms with van der Waals surface area (Å²) in [6, 6.07) is 3.76. The van der Waals surface area contributed by atoms with Crippen LogP contribution in [0.2, 0.25) is 0 Å². The number of aryl methyl sites for hydroxylation is 1. The van der Waals surface area contributed by atoms with Crippen molar-refractivity contribution in [3.8, 4) is 0 Å². The van der Waals surface area contributed by atoms with Gasteiger partial charge in [-0.15, -0.1) is 0 Å². The van der Waals surface area contributed by atoms with Crippen molar-refractivity contribution in [1.82, 2.24) is 14.8 Å². The van der Waals surface area contributed by atoms with Crippen molar-refractivity contribution in [2.45, 2.75) is 40.2 Å². The van der Waals surface area contributed by atoms with Crippen molar-refractivity contribution in [3.63, 3.8) is 0 Å². The van der Waals surface area contributed by atoms with Gasteiger partial charge < -0.3 is 5.32 Å². The van der Waals surface area contributed by atoms with Crippen LogP contribution in [-0.4, -0.2) is 27.1 Å². The largest absolute Gasteiger partial charge is 0.382 e. The van der Waals surface area contributed by atoms with E-state index in [0.717, 1.165) is 5.56 Å². The SMILES string of the molecule is CC(C)(C)CNc1cnn(CC(=O)CCc2ccncc2)c(=O)c1Br. The molecule has 6 nitrogen and oxygen atoms in total. The van der Waals surface area contributed by atoms with E-state index in [1.54, 1.807) is 18.6 Å². The highest BCUT2D eigenvalue weighted by Gasteiger charge is 2.14.